The Hall–Kier alpha value is -1.79. The van der Waals surface area contributed by atoms with Crippen LogP contribution in [-0.4, -0.2) is 14.5 Å². The predicted molar refractivity (Wildman–Crippen MR) is 65.5 cm³/mol. The van der Waals surface area contributed by atoms with E-state index in [0.717, 1.165) is 21.3 Å². The van der Waals surface area contributed by atoms with Gasteiger partial charge in [0, 0.05) is 10.9 Å². The minimum absolute atomic E-state index is 0.254. The molecule has 1 aromatic carbocycles. The van der Waals surface area contributed by atoms with Crippen molar-refractivity contribution < 1.29 is 4.52 Å². The first kappa shape index (κ1) is 10.4. The molecule has 0 bridgehead atoms. The normalized spacial score (nSPS) is 11.2. The molecule has 2 N–H and O–H groups in total. The Balaban J connectivity index is 2.25. The summed E-state index contributed by atoms with van der Waals surface area (Å²) in [6, 6.07) is 5.97. The molecule has 0 saturated carbocycles. The summed E-state index contributed by atoms with van der Waals surface area (Å²) in [5.74, 6) is 1.01. The van der Waals surface area contributed by atoms with E-state index in [4.69, 9.17) is 10.3 Å². The third-order valence-corrected chi connectivity index (χ3v) is 3.45. The van der Waals surface area contributed by atoms with E-state index >= 15 is 0 Å². The molecule has 0 spiro atoms. The molecule has 0 fully saturated rings. The van der Waals surface area contributed by atoms with E-state index in [1.165, 1.54) is 11.5 Å². The van der Waals surface area contributed by atoms with Crippen molar-refractivity contribution in [1.29, 1.82) is 0 Å². The van der Waals surface area contributed by atoms with Crippen LogP contribution in [-0.2, 0) is 6.54 Å². The van der Waals surface area contributed by atoms with Gasteiger partial charge in [0.2, 0.25) is 11.7 Å². The number of nitrogens with two attached hydrogens (primary N) is 1. The number of hydrogen-bond acceptors (Lipinski definition) is 6. The molecule has 0 radical (unpaired) electrons. The van der Waals surface area contributed by atoms with Gasteiger partial charge in [0.15, 0.2) is 0 Å². The molecule has 17 heavy (non-hydrogen) atoms. The molecule has 0 atom stereocenters. The Kier molecular flexibility index (Phi) is 2.38. The van der Waals surface area contributed by atoms with Crippen molar-refractivity contribution in [3.05, 3.63) is 29.8 Å². The molecule has 6 heteroatoms. The van der Waals surface area contributed by atoms with E-state index in [-0.39, 0.29) is 6.54 Å². The third kappa shape index (κ3) is 1.62. The molecular formula is C11H10N4OS. The molecule has 86 valence electrons. The molecule has 5 nitrogen and oxygen atoms in total. The second kappa shape index (κ2) is 3.90. The van der Waals surface area contributed by atoms with Gasteiger partial charge in [0.25, 0.3) is 0 Å². The SMILES string of the molecule is Cc1nsc2cccc(-c3noc(CN)n3)c12. The third-order valence-electron chi connectivity index (χ3n) is 2.55. The standard InChI is InChI=1S/C11H10N4OS/c1-6-10-7(3-2-4-8(10)17-15-6)11-13-9(5-12)16-14-11/h2-4H,5,12H2,1H3. The van der Waals surface area contributed by atoms with E-state index in [1.54, 1.807) is 0 Å². The minimum atomic E-state index is 0.254. The fourth-order valence-corrected chi connectivity index (χ4v) is 2.59. The zero-order chi connectivity index (χ0) is 11.8. The van der Waals surface area contributed by atoms with Crippen LogP contribution in [0.25, 0.3) is 21.5 Å². The maximum Gasteiger partial charge on any atom is 0.240 e. The first-order chi connectivity index (χ1) is 8.29. The maximum atomic E-state index is 5.46. The summed E-state index contributed by atoms with van der Waals surface area (Å²) < 4.78 is 10.5. The summed E-state index contributed by atoms with van der Waals surface area (Å²) in [4.78, 5) is 4.24. The van der Waals surface area contributed by atoms with E-state index < -0.39 is 0 Å². The zero-order valence-corrected chi connectivity index (χ0v) is 9.99. The van der Waals surface area contributed by atoms with Gasteiger partial charge in [0.05, 0.1) is 16.9 Å². The van der Waals surface area contributed by atoms with Gasteiger partial charge < -0.3 is 10.3 Å². The van der Waals surface area contributed by atoms with Crippen molar-refractivity contribution in [2.24, 2.45) is 5.73 Å². The summed E-state index contributed by atoms with van der Waals surface area (Å²) in [6.45, 7) is 2.23. The quantitative estimate of drug-likeness (QED) is 0.749. The molecule has 2 heterocycles. The Morgan fingerprint density at radius 3 is 3.06 bits per heavy atom. The van der Waals surface area contributed by atoms with Crippen molar-refractivity contribution in [2.75, 3.05) is 0 Å². The first-order valence-corrected chi connectivity index (χ1v) is 5.95. The number of hydrogen-bond donors (Lipinski definition) is 1. The topological polar surface area (TPSA) is 77.8 Å². The molecule has 0 aliphatic carbocycles. The van der Waals surface area contributed by atoms with E-state index in [9.17, 15) is 0 Å². The largest absolute Gasteiger partial charge is 0.338 e. The smallest absolute Gasteiger partial charge is 0.240 e. The lowest BCUT2D eigenvalue weighted by Gasteiger charge is -1.97. The lowest BCUT2D eigenvalue weighted by atomic mass is 10.1. The molecule has 2 aromatic heterocycles. The fraction of sp³-hybridized carbons (Fsp3) is 0.182. The monoisotopic (exact) mass is 246 g/mol. The van der Waals surface area contributed by atoms with Gasteiger partial charge in [-0.05, 0) is 24.5 Å². The van der Waals surface area contributed by atoms with Gasteiger partial charge in [0.1, 0.15) is 0 Å². The Labute approximate surface area is 101 Å². The van der Waals surface area contributed by atoms with Crippen LogP contribution in [0.1, 0.15) is 11.6 Å². The van der Waals surface area contributed by atoms with Crippen LogP contribution in [0, 0.1) is 6.92 Å². The lowest BCUT2D eigenvalue weighted by Crippen LogP contribution is -1.95. The highest BCUT2D eigenvalue weighted by Crippen LogP contribution is 2.31. The van der Waals surface area contributed by atoms with E-state index in [1.807, 2.05) is 25.1 Å². The van der Waals surface area contributed by atoms with E-state index in [0.29, 0.717) is 11.7 Å². The Morgan fingerprint density at radius 1 is 1.41 bits per heavy atom. The average molecular weight is 246 g/mol. The summed E-state index contributed by atoms with van der Waals surface area (Å²) in [6.07, 6.45) is 0. The number of benzene rings is 1. The number of rotatable bonds is 2. The second-order valence-corrected chi connectivity index (χ2v) is 4.47. The highest BCUT2D eigenvalue weighted by molar-refractivity contribution is 7.13. The average Bonchev–Trinajstić information content (AvgIpc) is 2.96. The van der Waals surface area contributed by atoms with E-state index in [2.05, 4.69) is 14.5 Å². The van der Waals surface area contributed by atoms with Gasteiger partial charge in [-0.1, -0.05) is 17.3 Å². The van der Waals surface area contributed by atoms with Crippen LogP contribution in [0.3, 0.4) is 0 Å². The molecular weight excluding hydrogens is 236 g/mol. The van der Waals surface area contributed by atoms with Gasteiger partial charge in [-0.2, -0.15) is 9.36 Å². The van der Waals surface area contributed by atoms with Crippen LogP contribution >= 0.6 is 11.5 Å². The van der Waals surface area contributed by atoms with Crippen molar-refractivity contribution >= 4 is 21.6 Å². The highest BCUT2D eigenvalue weighted by Gasteiger charge is 2.13. The molecule has 3 aromatic rings. The molecule has 0 unspecified atom stereocenters. The summed E-state index contributed by atoms with van der Waals surface area (Å²) in [7, 11) is 0. The zero-order valence-electron chi connectivity index (χ0n) is 9.17. The highest BCUT2D eigenvalue weighted by atomic mass is 32.1. The molecule has 0 aliphatic rings. The van der Waals surface area contributed by atoms with Crippen LogP contribution in [0.5, 0.6) is 0 Å². The van der Waals surface area contributed by atoms with Gasteiger partial charge >= 0.3 is 0 Å². The van der Waals surface area contributed by atoms with Crippen molar-refractivity contribution in [2.45, 2.75) is 13.5 Å². The number of aryl methyl sites for hydroxylation is 1. The summed E-state index contributed by atoms with van der Waals surface area (Å²) in [5, 5.41) is 5.02. The van der Waals surface area contributed by atoms with Gasteiger partial charge in [-0.15, -0.1) is 0 Å². The molecule has 0 saturated heterocycles. The number of aromatic nitrogens is 3. The lowest BCUT2D eigenvalue weighted by molar-refractivity contribution is 0.380. The summed E-state index contributed by atoms with van der Waals surface area (Å²) in [5.41, 5.74) is 7.38. The van der Waals surface area contributed by atoms with Gasteiger partial charge in [-0.25, -0.2) is 0 Å². The summed E-state index contributed by atoms with van der Waals surface area (Å²) >= 11 is 1.47. The fourth-order valence-electron chi connectivity index (χ4n) is 1.78. The first-order valence-electron chi connectivity index (χ1n) is 5.17. The van der Waals surface area contributed by atoms with Gasteiger partial charge in [-0.3, -0.25) is 0 Å². The maximum absolute atomic E-state index is 5.46. The van der Waals surface area contributed by atoms with Crippen LogP contribution < -0.4 is 5.73 Å². The number of nitrogens with zero attached hydrogens (tertiary/aromatic N) is 3. The molecule has 0 aliphatic heterocycles. The van der Waals surface area contributed by atoms with Crippen molar-refractivity contribution in [1.82, 2.24) is 14.5 Å². The van der Waals surface area contributed by atoms with Crippen LogP contribution in [0.15, 0.2) is 22.7 Å². The Morgan fingerprint density at radius 2 is 2.29 bits per heavy atom. The molecule has 0 amide bonds. The van der Waals surface area contributed by atoms with Crippen LogP contribution in [0.2, 0.25) is 0 Å². The predicted octanol–water partition coefficient (Wildman–Crippen LogP) is 2.11. The van der Waals surface area contributed by atoms with Crippen molar-refractivity contribution in [3.8, 4) is 11.4 Å². The number of fused-ring (bicyclic) bond motifs is 1. The minimum Gasteiger partial charge on any atom is -0.338 e. The molecule has 3 rings (SSSR count). The van der Waals surface area contributed by atoms with Crippen LogP contribution in [0.4, 0.5) is 0 Å². The second-order valence-electron chi connectivity index (χ2n) is 3.66. The van der Waals surface area contributed by atoms with Crippen molar-refractivity contribution in [3.63, 3.8) is 0 Å². The Bertz CT molecular complexity index is 673.